The van der Waals surface area contributed by atoms with Crippen molar-refractivity contribution in [3.05, 3.63) is 18.2 Å². The van der Waals surface area contributed by atoms with Gasteiger partial charge in [-0.1, -0.05) is 19.8 Å². The summed E-state index contributed by atoms with van der Waals surface area (Å²) in [5.41, 5.74) is 5.91. The third-order valence-corrected chi connectivity index (χ3v) is 3.24. The lowest BCUT2D eigenvalue weighted by atomic mass is 10.1. The van der Waals surface area contributed by atoms with Crippen LogP contribution in [0.5, 0.6) is 0 Å². The number of aromatic nitrogens is 2. The van der Waals surface area contributed by atoms with Gasteiger partial charge in [0.05, 0.1) is 12.6 Å². The Hall–Kier alpha value is -1.36. The van der Waals surface area contributed by atoms with Gasteiger partial charge in [0.1, 0.15) is 5.82 Å². The average Bonchev–Trinajstić information content (AvgIpc) is 2.81. The number of fused-ring (bicyclic) bond motifs is 1. The highest BCUT2D eigenvalue weighted by atomic mass is 16.2. The van der Waals surface area contributed by atoms with E-state index in [1.54, 1.807) is 6.20 Å². The van der Waals surface area contributed by atoms with Crippen molar-refractivity contribution in [2.24, 2.45) is 5.73 Å². The molecule has 0 saturated carbocycles. The second kappa shape index (κ2) is 5.31. The van der Waals surface area contributed by atoms with Crippen LogP contribution in [0.15, 0.2) is 12.4 Å². The SMILES string of the molecule is CCCCC(N)C(=O)N1CCn2ccnc2C1. The molecule has 0 aromatic carbocycles. The van der Waals surface area contributed by atoms with Gasteiger partial charge < -0.3 is 15.2 Å². The van der Waals surface area contributed by atoms with E-state index in [9.17, 15) is 4.79 Å². The highest BCUT2D eigenvalue weighted by Crippen LogP contribution is 2.12. The van der Waals surface area contributed by atoms with Gasteiger partial charge in [-0.3, -0.25) is 4.79 Å². The lowest BCUT2D eigenvalue weighted by molar-refractivity contribution is -0.134. The second-order valence-corrected chi connectivity index (χ2v) is 4.55. The number of carbonyl (C=O) groups is 1. The number of imidazole rings is 1. The standard InChI is InChI=1S/C12H20N4O/c1-2-3-4-10(13)12(17)16-8-7-15-6-5-14-11(15)9-16/h5-6,10H,2-4,7-9,13H2,1H3. The molecule has 1 atom stereocenters. The molecule has 1 amide bonds. The minimum Gasteiger partial charge on any atom is -0.332 e. The Morgan fingerprint density at radius 1 is 1.59 bits per heavy atom. The van der Waals surface area contributed by atoms with E-state index in [1.807, 2.05) is 11.1 Å². The van der Waals surface area contributed by atoms with Crippen molar-refractivity contribution in [3.63, 3.8) is 0 Å². The van der Waals surface area contributed by atoms with E-state index >= 15 is 0 Å². The molecule has 1 unspecified atom stereocenters. The largest absolute Gasteiger partial charge is 0.332 e. The number of rotatable bonds is 4. The maximum absolute atomic E-state index is 12.1. The van der Waals surface area contributed by atoms with Crippen molar-refractivity contribution in [2.75, 3.05) is 6.54 Å². The molecule has 5 nitrogen and oxygen atoms in total. The number of unbranched alkanes of at least 4 members (excludes halogenated alkanes) is 1. The van der Waals surface area contributed by atoms with Crippen LogP contribution in [-0.2, 0) is 17.9 Å². The number of nitrogens with zero attached hydrogens (tertiary/aromatic N) is 3. The monoisotopic (exact) mass is 236 g/mol. The van der Waals surface area contributed by atoms with Gasteiger partial charge in [-0.25, -0.2) is 4.98 Å². The molecule has 0 bridgehead atoms. The van der Waals surface area contributed by atoms with E-state index in [0.717, 1.165) is 38.2 Å². The summed E-state index contributed by atoms with van der Waals surface area (Å²) in [6, 6.07) is -0.350. The number of hydrogen-bond donors (Lipinski definition) is 1. The highest BCUT2D eigenvalue weighted by Gasteiger charge is 2.24. The van der Waals surface area contributed by atoms with E-state index < -0.39 is 0 Å². The summed E-state index contributed by atoms with van der Waals surface area (Å²) < 4.78 is 2.08. The van der Waals surface area contributed by atoms with Gasteiger partial charge >= 0.3 is 0 Å². The predicted molar refractivity (Wildman–Crippen MR) is 65.1 cm³/mol. The Labute approximate surface area is 102 Å². The first kappa shape index (κ1) is 12.1. The van der Waals surface area contributed by atoms with Gasteiger partial charge in [0.2, 0.25) is 5.91 Å². The molecule has 0 aliphatic carbocycles. The minimum absolute atomic E-state index is 0.0627. The summed E-state index contributed by atoms with van der Waals surface area (Å²) in [5.74, 6) is 1.01. The van der Waals surface area contributed by atoms with E-state index in [0.29, 0.717) is 6.54 Å². The van der Waals surface area contributed by atoms with Crippen molar-refractivity contribution < 1.29 is 4.79 Å². The van der Waals surface area contributed by atoms with Crippen LogP contribution in [0, 0.1) is 0 Å². The van der Waals surface area contributed by atoms with Gasteiger partial charge in [0, 0.05) is 25.5 Å². The van der Waals surface area contributed by atoms with Gasteiger partial charge in [-0.2, -0.15) is 0 Å². The number of carbonyl (C=O) groups excluding carboxylic acids is 1. The molecular weight excluding hydrogens is 216 g/mol. The predicted octanol–water partition coefficient (Wildman–Crippen LogP) is 0.743. The van der Waals surface area contributed by atoms with Gasteiger partial charge in [-0.15, -0.1) is 0 Å². The van der Waals surface area contributed by atoms with E-state index in [-0.39, 0.29) is 11.9 Å². The fourth-order valence-corrected chi connectivity index (χ4v) is 2.14. The van der Waals surface area contributed by atoms with Gasteiger partial charge in [-0.05, 0) is 6.42 Å². The van der Waals surface area contributed by atoms with Crippen LogP contribution in [0.4, 0.5) is 0 Å². The zero-order valence-corrected chi connectivity index (χ0v) is 10.3. The lowest BCUT2D eigenvalue weighted by Crippen LogP contribution is -2.46. The van der Waals surface area contributed by atoms with Crippen molar-refractivity contribution in [1.29, 1.82) is 0 Å². The molecule has 2 N–H and O–H groups in total. The molecular formula is C12H20N4O. The first-order chi connectivity index (χ1) is 8.22. The number of nitrogens with two attached hydrogens (primary N) is 1. The van der Waals surface area contributed by atoms with Crippen molar-refractivity contribution in [1.82, 2.24) is 14.5 Å². The second-order valence-electron chi connectivity index (χ2n) is 4.55. The Morgan fingerprint density at radius 2 is 2.41 bits per heavy atom. The first-order valence-corrected chi connectivity index (χ1v) is 6.26. The molecule has 0 spiro atoms. The van der Waals surface area contributed by atoms with Gasteiger partial charge in [0.15, 0.2) is 0 Å². The molecule has 0 saturated heterocycles. The Morgan fingerprint density at radius 3 is 3.18 bits per heavy atom. The van der Waals surface area contributed by atoms with Crippen LogP contribution in [0.3, 0.4) is 0 Å². The molecule has 2 heterocycles. The van der Waals surface area contributed by atoms with E-state index in [1.165, 1.54) is 0 Å². The molecule has 1 aliphatic rings. The van der Waals surface area contributed by atoms with Crippen molar-refractivity contribution in [3.8, 4) is 0 Å². The molecule has 1 aromatic heterocycles. The molecule has 0 radical (unpaired) electrons. The number of hydrogen-bond acceptors (Lipinski definition) is 3. The van der Waals surface area contributed by atoms with Crippen LogP contribution >= 0.6 is 0 Å². The van der Waals surface area contributed by atoms with E-state index in [4.69, 9.17) is 5.73 Å². The topological polar surface area (TPSA) is 64.2 Å². The zero-order chi connectivity index (χ0) is 12.3. The highest BCUT2D eigenvalue weighted by molar-refractivity contribution is 5.81. The summed E-state index contributed by atoms with van der Waals surface area (Å²) in [6.45, 7) is 4.25. The molecule has 2 rings (SSSR count). The Kier molecular flexibility index (Phi) is 3.78. The summed E-state index contributed by atoms with van der Waals surface area (Å²) in [5, 5.41) is 0. The molecule has 0 fully saturated rings. The van der Waals surface area contributed by atoms with Crippen molar-refractivity contribution >= 4 is 5.91 Å². The summed E-state index contributed by atoms with van der Waals surface area (Å²) in [4.78, 5) is 18.2. The first-order valence-electron chi connectivity index (χ1n) is 6.26. The lowest BCUT2D eigenvalue weighted by Gasteiger charge is -2.29. The molecule has 1 aliphatic heterocycles. The van der Waals surface area contributed by atoms with Crippen molar-refractivity contribution in [2.45, 2.75) is 45.3 Å². The maximum atomic E-state index is 12.1. The van der Waals surface area contributed by atoms with Crippen LogP contribution in [-0.4, -0.2) is 32.9 Å². The van der Waals surface area contributed by atoms with Crippen LogP contribution in [0.2, 0.25) is 0 Å². The number of amides is 1. The molecule has 5 heteroatoms. The third kappa shape index (κ3) is 2.66. The maximum Gasteiger partial charge on any atom is 0.239 e. The van der Waals surface area contributed by atoms with Gasteiger partial charge in [0.25, 0.3) is 0 Å². The fraction of sp³-hybridized carbons (Fsp3) is 0.667. The fourth-order valence-electron chi connectivity index (χ4n) is 2.14. The van der Waals surface area contributed by atoms with Crippen LogP contribution in [0.25, 0.3) is 0 Å². The molecule has 94 valence electrons. The minimum atomic E-state index is -0.350. The molecule has 17 heavy (non-hydrogen) atoms. The third-order valence-electron chi connectivity index (χ3n) is 3.24. The Bertz CT molecular complexity index is 388. The Balaban J connectivity index is 1.93. The smallest absolute Gasteiger partial charge is 0.239 e. The summed E-state index contributed by atoms with van der Waals surface area (Å²) in [7, 11) is 0. The summed E-state index contributed by atoms with van der Waals surface area (Å²) in [6.07, 6.45) is 6.59. The van der Waals surface area contributed by atoms with Crippen LogP contribution in [0.1, 0.15) is 32.0 Å². The summed E-state index contributed by atoms with van der Waals surface area (Å²) >= 11 is 0. The quantitative estimate of drug-likeness (QED) is 0.838. The average molecular weight is 236 g/mol. The van der Waals surface area contributed by atoms with E-state index in [2.05, 4.69) is 16.5 Å². The normalized spacial score (nSPS) is 16.7. The zero-order valence-electron chi connectivity index (χ0n) is 10.3. The van der Waals surface area contributed by atoms with Crippen LogP contribution < -0.4 is 5.73 Å². The molecule has 1 aromatic rings.